The highest BCUT2D eigenvalue weighted by Crippen LogP contribution is 2.39. The van der Waals surface area contributed by atoms with E-state index in [1.54, 1.807) is 50.8 Å². The topological polar surface area (TPSA) is 88.1 Å². The molecule has 0 N–H and O–H groups in total. The summed E-state index contributed by atoms with van der Waals surface area (Å²) in [6.07, 6.45) is 1.55. The van der Waals surface area contributed by atoms with Crippen LogP contribution in [0.2, 0.25) is 0 Å². The summed E-state index contributed by atoms with van der Waals surface area (Å²) in [4.78, 5) is 18.3. The zero-order valence-electron chi connectivity index (χ0n) is 21.9. The number of hydrogen-bond acceptors (Lipinski definition) is 7. The van der Waals surface area contributed by atoms with E-state index in [-0.39, 0.29) is 11.4 Å². The molecule has 6 aromatic rings. The van der Waals surface area contributed by atoms with Gasteiger partial charge in [-0.3, -0.25) is 4.79 Å². The van der Waals surface area contributed by atoms with Crippen molar-refractivity contribution in [2.24, 2.45) is 5.10 Å². The SMILES string of the molecule is COc1cc(C=Nn2c(-c3cc4ccccc4o3)nc3ccccc3c2=O)cc(OC)c1OCc1ccccc1. The molecule has 40 heavy (non-hydrogen) atoms. The summed E-state index contributed by atoms with van der Waals surface area (Å²) >= 11 is 0. The van der Waals surface area contributed by atoms with E-state index in [4.69, 9.17) is 23.6 Å². The van der Waals surface area contributed by atoms with Crippen molar-refractivity contribution in [1.82, 2.24) is 9.66 Å². The van der Waals surface area contributed by atoms with Crippen LogP contribution >= 0.6 is 0 Å². The van der Waals surface area contributed by atoms with Crippen LogP contribution < -0.4 is 19.8 Å². The van der Waals surface area contributed by atoms with Crippen LogP contribution in [0, 0.1) is 0 Å². The molecule has 0 aliphatic heterocycles. The summed E-state index contributed by atoms with van der Waals surface area (Å²) in [6, 6.07) is 30.0. The predicted octanol–water partition coefficient (Wildman–Crippen LogP) is 6.29. The number of benzene rings is 4. The summed E-state index contributed by atoms with van der Waals surface area (Å²) < 4.78 is 24.6. The molecule has 8 nitrogen and oxygen atoms in total. The third kappa shape index (κ3) is 4.78. The number of aromatic nitrogens is 2. The minimum atomic E-state index is -0.320. The van der Waals surface area contributed by atoms with Gasteiger partial charge in [-0.15, -0.1) is 0 Å². The van der Waals surface area contributed by atoms with Crippen molar-refractivity contribution in [3.63, 3.8) is 0 Å². The molecular weight excluding hydrogens is 506 g/mol. The largest absolute Gasteiger partial charge is 0.493 e. The monoisotopic (exact) mass is 531 g/mol. The van der Waals surface area contributed by atoms with Gasteiger partial charge in [-0.1, -0.05) is 60.7 Å². The molecule has 6 rings (SSSR count). The lowest BCUT2D eigenvalue weighted by Gasteiger charge is -2.15. The van der Waals surface area contributed by atoms with Gasteiger partial charge in [0.05, 0.1) is 31.3 Å². The highest BCUT2D eigenvalue weighted by Gasteiger charge is 2.17. The first-order valence-corrected chi connectivity index (χ1v) is 12.6. The molecule has 0 aliphatic rings. The van der Waals surface area contributed by atoms with E-state index in [0.29, 0.717) is 51.7 Å². The van der Waals surface area contributed by atoms with Crippen LogP contribution in [-0.4, -0.2) is 30.1 Å². The number of ether oxygens (including phenoxy) is 3. The summed E-state index contributed by atoms with van der Waals surface area (Å²) in [5.74, 6) is 2.13. The maximum Gasteiger partial charge on any atom is 0.282 e. The second-order valence-electron chi connectivity index (χ2n) is 8.99. The number of hydrogen-bond donors (Lipinski definition) is 0. The molecule has 0 fully saturated rings. The van der Waals surface area contributed by atoms with E-state index in [1.807, 2.05) is 66.7 Å². The van der Waals surface area contributed by atoms with Crippen LogP contribution in [0.1, 0.15) is 11.1 Å². The van der Waals surface area contributed by atoms with Gasteiger partial charge in [0, 0.05) is 10.9 Å². The average molecular weight is 532 g/mol. The van der Waals surface area contributed by atoms with Gasteiger partial charge in [-0.25, -0.2) is 4.98 Å². The first kappa shape index (κ1) is 24.9. The fourth-order valence-electron chi connectivity index (χ4n) is 4.45. The Balaban J connectivity index is 1.42. The molecule has 0 atom stereocenters. The van der Waals surface area contributed by atoms with Gasteiger partial charge in [-0.05, 0) is 42.0 Å². The van der Waals surface area contributed by atoms with Crippen molar-refractivity contribution >= 4 is 28.1 Å². The zero-order chi connectivity index (χ0) is 27.5. The van der Waals surface area contributed by atoms with Crippen LogP contribution in [0.3, 0.4) is 0 Å². The molecule has 0 amide bonds. The smallest absolute Gasteiger partial charge is 0.282 e. The summed E-state index contributed by atoms with van der Waals surface area (Å²) in [5.41, 5.74) is 2.57. The third-order valence-corrected chi connectivity index (χ3v) is 6.43. The standard InChI is InChI=1S/C32H25N3O5/c1-37-27-16-22(17-28(38-2)30(27)39-20-21-10-4-3-5-11-21)19-33-35-31(29-18-23-12-6-9-15-26(23)40-29)34-25-14-8-7-13-24(25)32(35)36/h3-19H,20H2,1-2H3. The lowest BCUT2D eigenvalue weighted by Crippen LogP contribution is -2.20. The first-order chi connectivity index (χ1) is 19.6. The highest BCUT2D eigenvalue weighted by atomic mass is 16.5. The Morgan fingerprint density at radius 1 is 0.875 bits per heavy atom. The van der Waals surface area contributed by atoms with Crippen molar-refractivity contribution in [2.75, 3.05) is 14.2 Å². The number of furan rings is 1. The molecule has 0 radical (unpaired) electrons. The van der Waals surface area contributed by atoms with Gasteiger partial charge in [0.1, 0.15) is 12.2 Å². The maximum atomic E-state index is 13.6. The third-order valence-electron chi connectivity index (χ3n) is 6.43. The van der Waals surface area contributed by atoms with Crippen molar-refractivity contribution < 1.29 is 18.6 Å². The van der Waals surface area contributed by atoms with Crippen molar-refractivity contribution in [2.45, 2.75) is 6.61 Å². The number of para-hydroxylation sites is 2. The van der Waals surface area contributed by atoms with Crippen molar-refractivity contribution in [3.05, 3.63) is 119 Å². The zero-order valence-corrected chi connectivity index (χ0v) is 21.9. The summed E-state index contributed by atoms with van der Waals surface area (Å²) in [6.45, 7) is 0.347. The van der Waals surface area contributed by atoms with E-state index in [9.17, 15) is 4.79 Å². The molecule has 8 heteroatoms. The Morgan fingerprint density at radius 3 is 2.33 bits per heavy atom. The second-order valence-corrected chi connectivity index (χ2v) is 8.99. The lowest BCUT2D eigenvalue weighted by molar-refractivity contribution is 0.266. The van der Waals surface area contributed by atoms with Crippen molar-refractivity contribution in [3.8, 4) is 28.8 Å². The Kier molecular flexibility index (Phi) is 6.72. The van der Waals surface area contributed by atoms with Gasteiger partial charge >= 0.3 is 0 Å². The number of methoxy groups -OCH3 is 2. The molecule has 0 spiro atoms. The molecule has 0 saturated heterocycles. The van der Waals surface area contributed by atoms with Crippen LogP contribution in [0.15, 0.2) is 111 Å². The number of fused-ring (bicyclic) bond motifs is 2. The van der Waals surface area contributed by atoms with E-state index in [1.165, 1.54) is 4.68 Å². The Bertz CT molecular complexity index is 1850. The molecule has 198 valence electrons. The predicted molar refractivity (Wildman–Crippen MR) is 155 cm³/mol. The van der Waals surface area contributed by atoms with E-state index >= 15 is 0 Å². The van der Waals surface area contributed by atoms with Crippen LogP contribution in [-0.2, 0) is 6.61 Å². The van der Waals surface area contributed by atoms with E-state index < -0.39 is 0 Å². The molecule has 2 aromatic heterocycles. The Morgan fingerprint density at radius 2 is 1.57 bits per heavy atom. The lowest BCUT2D eigenvalue weighted by atomic mass is 10.2. The Labute approximate surface area is 229 Å². The number of nitrogens with zero attached hydrogens (tertiary/aromatic N) is 3. The minimum absolute atomic E-state index is 0.290. The average Bonchev–Trinajstić information content (AvgIpc) is 3.44. The Hall–Kier alpha value is -5.37. The van der Waals surface area contributed by atoms with E-state index in [0.717, 1.165) is 10.9 Å². The van der Waals surface area contributed by atoms with Gasteiger partial charge < -0.3 is 18.6 Å². The number of rotatable bonds is 8. The maximum absolute atomic E-state index is 13.6. The fraction of sp³-hybridized carbons (Fsp3) is 0.0938. The fourth-order valence-corrected chi connectivity index (χ4v) is 4.45. The summed E-state index contributed by atoms with van der Waals surface area (Å²) in [7, 11) is 3.12. The van der Waals surface area contributed by atoms with Gasteiger partial charge in [0.15, 0.2) is 17.3 Å². The summed E-state index contributed by atoms with van der Waals surface area (Å²) in [5, 5.41) is 5.89. The van der Waals surface area contributed by atoms with Crippen LogP contribution in [0.5, 0.6) is 17.2 Å². The van der Waals surface area contributed by atoms with Crippen molar-refractivity contribution in [1.29, 1.82) is 0 Å². The van der Waals surface area contributed by atoms with Gasteiger partial charge in [0.2, 0.25) is 11.6 Å². The van der Waals surface area contributed by atoms with E-state index in [2.05, 4.69) is 5.10 Å². The van der Waals surface area contributed by atoms with Gasteiger partial charge in [-0.2, -0.15) is 9.78 Å². The molecule has 0 bridgehead atoms. The van der Waals surface area contributed by atoms with Gasteiger partial charge in [0.25, 0.3) is 5.56 Å². The molecule has 2 heterocycles. The molecular formula is C32H25N3O5. The molecule has 4 aromatic carbocycles. The molecule has 0 aliphatic carbocycles. The van der Waals surface area contributed by atoms with Crippen LogP contribution in [0.25, 0.3) is 33.5 Å². The first-order valence-electron chi connectivity index (χ1n) is 12.6. The molecule has 0 unspecified atom stereocenters. The molecule has 0 saturated carbocycles. The second kappa shape index (κ2) is 10.8. The minimum Gasteiger partial charge on any atom is -0.493 e. The normalized spacial score (nSPS) is 11.3. The highest BCUT2D eigenvalue weighted by molar-refractivity contribution is 5.85. The van der Waals surface area contributed by atoms with Crippen LogP contribution in [0.4, 0.5) is 0 Å². The quantitative estimate of drug-likeness (QED) is 0.215.